The van der Waals surface area contributed by atoms with E-state index in [0.717, 1.165) is 38.5 Å². The molecular formula is C23H34N2O5. The first kappa shape index (κ1) is 22.2. The predicted octanol–water partition coefficient (Wildman–Crippen LogP) is 4.14. The number of nitrogens with zero attached hydrogens (tertiary/aromatic N) is 1. The number of benzene rings is 1. The molecule has 7 heteroatoms. The van der Waals surface area contributed by atoms with Gasteiger partial charge in [0.15, 0.2) is 0 Å². The first-order valence-corrected chi connectivity index (χ1v) is 10.8. The van der Waals surface area contributed by atoms with Gasteiger partial charge < -0.3 is 24.4 Å². The van der Waals surface area contributed by atoms with Crippen LogP contribution in [0.15, 0.2) is 18.2 Å². The van der Waals surface area contributed by atoms with Crippen LogP contribution in [0.25, 0.3) is 0 Å². The molecule has 0 spiro atoms. The van der Waals surface area contributed by atoms with Gasteiger partial charge in [0.2, 0.25) is 0 Å². The second kappa shape index (κ2) is 9.14. The number of carbonyl (C=O) groups is 2. The lowest BCUT2D eigenvalue weighted by molar-refractivity contribution is 0.0317. The van der Waals surface area contributed by atoms with Crippen LogP contribution in [0.1, 0.15) is 69.7 Å². The van der Waals surface area contributed by atoms with Gasteiger partial charge in [0.25, 0.3) is 5.91 Å². The highest BCUT2D eigenvalue weighted by Crippen LogP contribution is 2.38. The summed E-state index contributed by atoms with van der Waals surface area (Å²) in [5, 5.41) is 3.02. The van der Waals surface area contributed by atoms with Gasteiger partial charge in [-0.25, -0.2) is 4.79 Å². The summed E-state index contributed by atoms with van der Waals surface area (Å²) in [5.41, 5.74) is -0.121. The van der Waals surface area contributed by atoms with Crippen LogP contribution >= 0.6 is 0 Å². The van der Waals surface area contributed by atoms with Crippen molar-refractivity contribution in [2.24, 2.45) is 0 Å². The summed E-state index contributed by atoms with van der Waals surface area (Å²) in [5.74, 6) is 0.897. The molecule has 30 heavy (non-hydrogen) atoms. The molecule has 2 amide bonds. The summed E-state index contributed by atoms with van der Waals surface area (Å²) in [7, 11) is 3.11. The zero-order chi connectivity index (χ0) is 21.9. The Hall–Kier alpha value is -2.44. The van der Waals surface area contributed by atoms with E-state index >= 15 is 0 Å². The number of methoxy groups -OCH3 is 2. The van der Waals surface area contributed by atoms with Gasteiger partial charge in [0.1, 0.15) is 22.7 Å². The van der Waals surface area contributed by atoms with Crippen LogP contribution in [0, 0.1) is 0 Å². The van der Waals surface area contributed by atoms with Crippen LogP contribution in [0.5, 0.6) is 11.5 Å². The molecule has 2 fully saturated rings. The van der Waals surface area contributed by atoms with E-state index in [4.69, 9.17) is 14.2 Å². The molecule has 7 nitrogen and oxygen atoms in total. The molecule has 0 aromatic heterocycles. The van der Waals surface area contributed by atoms with Crippen LogP contribution < -0.4 is 14.8 Å². The Bertz CT molecular complexity index is 747. The summed E-state index contributed by atoms with van der Waals surface area (Å²) in [4.78, 5) is 28.2. The van der Waals surface area contributed by atoms with E-state index in [1.165, 1.54) is 0 Å². The predicted molar refractivity (Wildman–Crippen MR) is 114 cm³/mol. The molecule has 2 aliphatic rings. The highest BCUT2D eigenvalue weighted by atomic mass is 16.6. The summed E-state index contributed by atoms with van der Waals surface area (Å²) in [6, 6.07) is 5.32. The lowest BCUT2D eigenvalue weighted by Crippen LogP contribution is -2.56. The third kappa shape index (κ3) is 4.82. The molecule has 0 aliphatic heterocycles. The number of hydrogen-bond donors (Lipinski definition) is 1. The fraction of sp³-hybridized carbons (Fsp3) is 0.652. The molecule has 0 bridgehead atoms. The van der Waals surface area contributed by atoms with Crippen LogP contribution in [0.3, 0.4) is 0 Å². The number of hydrogen-bond acceptors (Lipinski definition) is 5. The summed E-state index contributed by atoms with van der Waals surface area (Å²) in [6.07, 6.45) is 5.23. The lowest BCUT2D eigenvalue weighted by Gasteiger charge is -2.43. The summed E-state index contributed by atoms with van der Waals surface area (Å²) >= 11 is 0. The summed E-state index contributed by atoms with van der Waals surface area (Å²) < 4.78 is 16.4. The molecule has 1 aromatic rings. The SMILES string of the molecule is COc1cccc(OC)c1C(=O)N(C1CCC1)[C@H]1CCC[C@H]1NC(=O)OC(C)(C)C. The van der Waals surface area contributed by atoms with Crippen molar-refractivity contribution < 1.29 is 23.8 Å². The molecule has 3 rings (SSSR count). The first-order valence-electron chi connectivity index (χ1n) is 10.8. The minimum Gasteiger partial charge on any atom is -0.496 e. The third-order valence-corrected chi connectivity index (χ3v) is 5.88. The maximum atomic E-state index is 13.8. The maximum Gasteiger partial charge on any atom is 0.407 e. The molecule has 2 saturated carbocycles. The topological polar surface area (TPSA) is 77.1 Å². The zero-order valence-corrected chi connectivity index (χ0v) is 18.7. The van der Waals surface area contributed by atoms with Crippen LogP contribution in [0.4, 0.5) is 4.79 Å². The first-order chi connectivity index (χ1) is 14.2. The number of ether oxygens (including phenoxy) is 3. The van der Waals surface area contributed by atoms with Gasteiger partial charge >= 0.3 is 6.09 Å². The normalized spacial score (nSPS) is 21.5. The Morgan fingerprint density at radius 1 is 1.00 bits per heavy atom. The lowest BCUT2D eigenvalue weighted by atomic mass is 9.88. The minimum atomic E-state index is -0.563. The van der Waals surface area contributed by atoms with Gasteiger partial charge in [0, 0.05) is 6.04 Å². The monoisotopic (exact) mass is 418 g/mol. The van der Waals surface area contributed by atoms with E-state index in [1.54, 1.807) is 26.4 Å². The number of rotatable bonds is 6. The standard InChI is InChI=1S/C23H34N2O5/c1-23(2,3)30-22(27)24-16-11-7-12-17(16)25(15-9-6-10-15)21(26)20-18(28-4)13-8-14-19(20)29-5/h8,13-17H,6-7,9-12H2,1-5H3,(H,24,27)/t16-,17+/m1/s1. The van der Waals surface area contributed by atoms with Crippen LogP contribution in [0.2, 0.25) is 0 Å². The maximum absolute atomic E-state index is 13.8. The molecule has 2 aliphatic carbocycles. The van der Waals surface area contributed by atoms with Crippen molar-refractivity contribution in [3.63, 3.8) is 0 Å². The second-order valence-electron chi connectivity index (χ2n) is 9.09. The van der Waals surface area contributed by atoms with Gasteiger partial charge in [-0.2, -0.15) is 0 Å². The Morgan fingerprint density at radius 2 is 1.60 bits per heavy atom. The van der Waals surface area contributed by atoms with E-state index in [-0.39, 0.29) is 24.0 Å². The smallest absolute Gasteiger partial charge is 0.407 e. The average molecular weight is 419 g/mol. The highest BCUT2D eigenvalue weighted by Gasteiger charge is 2.43. The van der Waals surface area contributed by atoms with Crippen LogP contribution in [-0.2, 0) is 4.74 Å². The second-order valence-corrected chi connectivity index (χ2v) is 9.09. The van der Waals surface area contributed by atoms with E-state index in [0.29, 0.717) is 17.1 Å². The number of amides is 2. The largest absolute Gasteiger partial charge is 0.496 e. The van der Waals surface area contributed by atoms with Crippen molar-refractivity contribution in [3.05, 3.63) is 23.8 Å². The zero-order valence-electron chi connectivity index (χ0n) is 18.7. The van der Waals surface area contributed by atoms with Gasteiger partial charge in [-0.1, -0.05) is 6.07 Å². The quantitative estimate of drug-likeness (QED) is 0.751. The number of alkyl carbamates (subject to hydrolysis) is 1. The van der Waals surface area contributed by atoms with Crippen molar-refractivity contribution in [2.75, 3.05) is 14.2 Å². The summed E-state index contributed by atoms with van der Waals surface area (Å²) in [6.45, 7) is 5.53. The average Bonchev–Trinajstić information content (AvgIpc) is 3.08. The van der Waals surface area contributed by atoms with E-state index in [1.807, 2.05) is 31.7 Å². The molecule has 1 N–H and O–H groups in total. The number of carbonyl (C=O) groups excluding carboxylic acids is 2. The van der Waals surface area contributed by atoms with E-state index in [9.17, 15) is 9.59 Å². The third-order valence-electron chi connectivity index (χ3n) is 5.88. The minimum absolute atomic E-state index is 0.0788. The Kier molecular flexibility index (Phi) is 6.78. The fourth-order valence-electron chi connectivity index (χ4n) is 4.34. The Labute approximate surface area is 179 Å². The molecule has 2 atom stereocenters. The van der Waals surface area contributed by atoms with Crippen molar-refractivity contribution in [3.8, 4) is 11.5 Å². The van der Waals surface area contributed by atoms with Crippen molar-refractivity contribution in [1.29, 1.82) is 0 Å². The number of nitrogens with one attached hydrogen (secondary N) is 1. The van der Waals surface area contributed by atoms with E-state index < -0.39 is 11.7 Å². The van der Waals surface area contributed by atoms with Crippen molar-refractivity contribution in [2.45, 2.75) is 83.0 Å². The molecule has 0 saturated heterocycles. The fourth-order valence-corrected chi connectivity index (χ4v) is 4.34. The van der Waals surface area contributed by atoms with Crippen molar-refractivity contribution in [1.82, 2.24) is 10.2 Å². The Balaban J connectivity index is 1.88. The Morgan fingerprint density at radius 3 is 2.10 bits per heavy atom. The van der Waals surface area contributed by atoms with Crippen LogP contribution in [-0.4, -0.2) is 54.8 Å². The molecule has 0 unspecified atom stereocenters. The van der Waals surface area contributed by atoms with Gasteiger partial charge in [-0.15, -0.1) is 0 Å². The molecule has 1 aromatic carbocycles. The molecule has 166 valence electrons. The highest BCUT2D eigenvalue weighted by molar-refractivity contribution is 6.00. The van der Waals surface area contributed by atoms with E-state index in [2.05, 4.69) is 5.32 Å². The van der Waals surface area contributed by atoms with Crippen molar-refractivity contribution >= 4 is 12.0 Å². The van der Waals surface area contributed by atoms with Gasteiger partial charge in [-0.05, 0) is 71.4 Å². The molecule has 0 radical (unpaired) electrons. The molecule has 0 heterocycles. The van der Waals surface area contributed by atoms with Gasteiger partial charge in [-0.3, -0.25) is 4.79 Å². The van der Waals surface area contributed by atoms with Gasteiger partial charge in [0.05, 0.1) is 26.3 Å². The molecular weight excluding hydrogens is 384 g/mol.